The van der Waals surface area contributed by atoms with Gasteiger partial charge in [-0.1, -0.05) is 0 Å². The van der Waals surface area contributed by atoms with Gasteiger partial charge in [-0.05, 0) is 32.9 Å². The third-order valence-electron chi connectivity index (χ3n) is 2.38. The highest BCUT2D eigenvalue weighted by Crippen LogP contribution is 2.26. The molecule has 1 aliphatic rings. The summed E-state index contributed by atoms with van der Waals surface area (Å²) in [7, 11) is 1.74. The molecule has 0 spiro atoms. The average molecular weight is 245 g/mol. The summed E-state index contributed by atoms with van der Waals surface area (Å²) in [5, 5.41) is 16.6. The molecule has 1 fully saturated rings. The minimum Gasteiger partial charge on any atom is -0.387 e. The zero-order chi connectivity index (χ0) is 12.2. The number of hydrogen-bond acceptors (Lipinski definition) is 3. The molecular weight excluding hydrogens is 222 g/mol. The Labute approximate surface area is 102 Å². The van der Waals surface area contributed by atoms with E-state index in [1.165, 1.54) is 0 Å². The maximum absolute atomic E-state index is 10.2. The van der Waals surface area contributed by atoms with Crippen LogP contribution in [0, 0.1) is 0 Å². The fourth-order valence-electron chi connectivity index (χ4n) is 1.52. The number of nitrogens with one attached hydrogen (secondary N) is 2. The van der Waals surface area contributed by atoms with Crippen molar-refractivity contribution in [2.75, 3.05) is 25.1 Å². The van der Waals surface area contributed by atoms with E-state index in [1.807, 2.05) is 0 Å². The number of thioether (sulfide) groups is 1. The molecule has 0 saturated carbocycles. The van der Waals surface area contributed by atoms with Crippen molar-refractivity contribution in [3.63, 3.8) is 0 Å². The van der Waals surface area contributed by atoms with E-state index in [-0.39, 0.29) is 5.54 Å². The summed E-state index contributed by atoms with van der Waals surface area (Å²) < 4.78 is 0. The Hall–Kier alpha value is -0.420. The molecule has 0 amide bonds. The number of nitrogens with zero attached hydrogens (tertiary/aromatic N) is 1. The maximum atomic E-state index is 10.2. The van der Waals surface area contributed by atoms with Crippen LogP contribution in [0.4, 0.5) is 0 Å². The van der Waals surface area contributed by atoms with E-state index >= 15 is 0 Å². The summed E-state index contributed by atoms with van der Waals surface area (Å²) in [6, 6.07) is 0. The van der Waals surface area contributed by atoms with Crippen molar-refractivity contribution in [1.82, 2.24) is 10.6 Å². The largest absolute Gasteiger partial charge is 0.387 e. The lowest BCUT2D eigenvalue weighted by molar-refractivity contribution is 0.0723. The minimum absolute atomic E-state index is 0.0190. The lowest BCUT2D eigenvalue weighted by Gasteiger charge is -2.27. The second-order valence-corrected chi connectivity index (χ2v) is 6.43. The summed E-state index contributed by atoms with van der Waals surface area (Å²) in [6.45, 7) is 6.82. The van der Waals surface area contributed by atoms with Crippen molar-refractivity contribution >= 4 is 17.7 Å². The molecule has 1 heterocycles. The SMILES string of the molecule is CN=C(NCC1(O)CCSC1)NC(C)(C)C. The van der Waals surface area contributed by atoms with Gasteiger partial charge in [0.05, 0.1) is 5.60 Å². The molecule has 1 rings (SSSR count). The van der Waals surface area contributed by atoms with Crippen LogP contribution in [0.2, 0.25) is 0 Å². The topological polar surface area (TPSA) is 56.7 Å². The molecule has 1 atom stereocenters. The van der Waals surface area contributed by atoms with Gasteiger partial charge in [0.15, 0.2) is 5.96 Å². The van der Waals surface area contributed by atoms with Crippen LogP contribution in [0.15, 0.2) is 4.99 Å². The predicted octanol–water partition coefficient (Wildman–Crippen LogP) is 0.818. The molecule has 1 saturated heterocycles. The van der Waals surface area contributed by atoms with Crippen molar-refractivity contribution in [2.24, 2.45) is 4.99 Å². The van der Waals surface area contributed by atoms with Crippen molar-refractivity contribution in [3.05, 3.63) is 0 Å². The molecule has 3 N–H and O–H groups in total. The van der Waals surface area contributed by atoms with Gasteiger partial charge in [0, 0.05) is 24.9 Å². The summed E-state index contributed by atoms with van der Waals surface area (Å²) in [4.78, 5) is 4.14. The van der Waals surface area contributed by atoms with Gasteiger partial charge in [0.25, 0.3) is 0 Å². The van der Waals surface area contributed by atoms with Gasteiger partial charge < -0.3 is 15.7 Å². The Morgan fingerprint density at radius 2 is 2.19 bits per heavy atom. The standard InChI is InChI=1S/C11H23N3OS/c1-10(2,3)14-9(12-4)13-7-11(15)5-6-16-8-11/h15H,5-8H2,1-4H3,(H2,12,13,14). The van der Waals surface area contributed by atoms with Crippen molar-refractivity contribution in [1.29, 1.82) is 0 Å². The third-order valence-corrected chi connectivity index (χ3v) is 3.62. The Morgan fingerprint density at radius 3 is 2.62 bits per heavy atom. The number of aliphatic hydroxyl groups is 1. The van der Waals surface area contributed by atoms with E-state index in [2.05, 4.69) is 36.4 Å². The fraction of sp³-hybridized carbons (Fsp3) is 0.909. The second-order valence-electron chi connectivity index (χ2n) is 5.33. The summed E-state index contributed by atoms with van der Waals surface area (Å²) >= 11 is 1.80. The number of aliphatic imine (C=N–C) groups is 1. The monoisotopic (exact) mass is 245 g/mol. The molecule has 0 aromatic heterocycles. The van der Waals surface area contributed by atoms with Crippen LogP contribution in [-0.2, 0) is 0 Å². The van der Waals surface area contributed by atoms with Crippen LogP contribution in [0.5, 0.6) is 0 Å². The molecule has 1 unspecified atom stereocenters. The highest BCUT2D eigenvalue weighted by atomic mass is 32.2. The third kappa shape index (κ3) is 4.61. The molecule has 0 aromatic rings. The predicted molar refractivity (Wildman–Crippen MR) is 71.1 cm³/mol. The molecular formula is C11H23N3OS. The molecule has 0 bridgehead atoms. The average Bonchev–Trinajstić information content (AvgIpc) is 2.58. The Bertz CT molecular complexity index is 254. The highest BCUT2D eigenvalue weighted by molar-refractivity contribution is 7.99. The first-order valence-corrected chi connectivity index (χ1v) is 6.79. The van der Waals surface area contributed by atoms with Gasteiger partial charge in [-0.3, -0.25) is 4.99 Å². The van der Waals surface area contributed by atoms with Gasteiger partial charge in [-0.2, -0.15) is 11.8 Å². The molecule has 1 aliphatic heterocycles. The molecule has 0 aliphatic carbocycles. The summed E-state index contributed by atoms with van der Waals surface area (Å²) in [6.07, 6.45) is 0.858. The van der Waals surface area contributed by atoms with Crippen LogP contribution in [0.3, 0.4) is 0 Å². The van der Waals surface area contributed by atoms with Crippen molar-refractivity contribution in [3.8, 4) is 0 Å². The van der Waals surface area contributed by atoms with Gasteiger partial charge in [-0.15, -0.1) is 0 Å². The zero-order valence-electron chi connectivity index (χ0n) is 10.6. The molecule has 0 aromatic carbocycles. The molecule has 5 heteroatoms. The summed E-state index contributed by atoms with van der Waals surface area (Å²) in [5.74, 6) is 2.61. The van der Waals surface area contributed by atoms with Gasteiger partial charge in [0.1, 0.15) is 0 Å². The number of guanidine groups is 1. The number of hydrogen-bond donors (Lipinski definition) is 3. The van der Waals surface area contributed by atoms with E-state index in [1.54, 1.807) is 18.8 Å². The lowest BCUT2D eigenvalue weighted by atomic mass is 10.0. The first-order chi connectivity index (χ1) is 7.35. The molecule has 16 heavy (non-hydrogen) atoms. The summed E-state index contributed by atoms with van der Waals surface area (Å²) in [5.41, 5.74) is -0.588. The van der Waals surface area contributed by atoms with Crippen molar-refractivity contribution < 1.29 is 5.11 Å². The Morgan fingerprint density at radius 1 is 1.50 bits per heavy atom. The maximum Gasteiger partial charge on any atom is 0.191 e. The van der Waals surface area contributed by atoms with Crippen LogP contribution in [0.1, 0.15) is 27.2 Å². The van der Waals surface area contributed by atoms with Crippen molar-refractivity contribution in [2.45, 2.75) is 38.3 Å². The molecule has 4 nitrogen and oxygen atoms in total. The van der Waals surface area contributed by atoms with Crippen LogP contribution < -0.4 is 10.6 Å². The highest BCUT2D eigenvalue weighted by Gasteiger charge is 2.31. The van der Waals surface area contributed by atoms with Crippen LogP contribution >= 0.6 is 11.8 Å². The van der Waals surface area contributed by atoms with Gasteiger partial charge in [-0.25, -0.2) is 0 Å². The normalized spacial score (nSPS) is 26.9. The van der Waals surface area contributed by atoms with Gasteiger partial charge >= 0.3 is 0 Å². The Balaban J connectivity index is 2.40. The van der Waals surface area contributed by atoms with Crippen LogP contribution in [-0.4, -0.2) is 47.3 Å². The van der Waals surface area contributed by atoms with E-state index < -0.39 is 5.60 Å². The quantitative estimate of drug-likeness (QED) is 0.498. The van der Waals surface area contributed by atoms with E-state index in [0.29, 0.717) is 6.54 Å². The Kier molecular flexibility index (Phi) is 4.50. The van der Waals surface area contributed by atoms with E-state index in [4.69, 9.17) is 0 Å². The fourth-order valence-corrected chi connectivity index (χ4v) is 2.81. The van der Waals surface area contributed by atoms with Crippen LogP contribution in [0.25, 0.3) is 0 Å². The second kappa shape index (κ2) is 5.27. The van der Waals surface area contributed by atoms with E-state index in [9.17, 15) is 5.11 Å². The minimum atomic E-state index is -0.569. The van der Waals surface area contributed by atoms with Gasteiger partial charge in [0.2, 0.25) is 0 Å². The molecule has 94 valence electrons. The zero-order valence-corrected chi connectivity index (χ0v) is 11.4. The number of rotatable bonds is 2. The molecule has 0 radical (unpaired) electrons. The first kappa shape index (κ1) is 13.6. The lowest BCUT2D eigenvalue weighted by Crippen LogP contribution is -2.52. The smallest absolute Gasteiger partial charge is 0.191 e. The van der Waals surface area contributed by atoms with E-state index in [0.717, 1.165) is 23.9 Å². The first-order valence-electron chi connectivity index (χ1n) is 5.64.